The highest BCUT2D eigenvalue weighted by atomic mass is 19.4. The molecule has 0 unspecified atom stereocenters. The van der Waals surface area contributed by atoms with Crippen molar-refractivity contribution in [2.45, 2.75) is 6.18 Å². The average Bonchev–Trinajstić information content (AvgIpc) is 3.08. The predicted molar refractivity (Wildman–Crippen MR) is 89.3 cm³/mol. The minimum Gasteiger partial charge on any atom is -0.454 e. The summed E-state index contributed by atoms with van der Waals surface area (Å²) in [7, 11) is 0. The SMILES string of the molecule is N/C(=N\OCC(=O)Nc1ccc2c(c1)OCO2)c1cccc(C(F)(F)F)c1. The van der Waals surface area contributed by atoms with Gasteiger partial charge >= 0.3 is 6.18 Å². The molecule has 0 atom stereocenters. The first-order valence-electron chi connectivity index (χ1n) is 7.65. The molecule has 1 amide bonds. The lowest BCUT2D eigenvalue weighted by Gasteiger charge is -2.08. The van der Waals surface area contributed by atoms with Crippen LogP contribution < -0.4 is 20.5 Å². The van der Waals surface area contributed by atoms with Gasteiger partial charge < -0.3 is 25.4 Å². The van der Waals surface area contributed by atoms with Crippen molar-refractivity contribution in [1.82, 2.24) is 0 Å². The Labute approximate surface area is 151 Å². The molecule has 0 radical (unpaired) electrons. The Kier molecular flexibility index (Phi) is 5.06. The summed E-state index contributed by atoms with van der Waals surface area (Å²) in [4.78, 5) is 16.7. The van der Waals surface area contributed by atoms with Crippen molar-refractivity contribution < 1.29 is 32.3 Å². The highest BCUT2D eigenvalue weighted by Gasteiger charge is 2.30. The molecule has 1 aliphatic rings. The van der Waals surface area contributed by atoms with Crippen molar-refractivity contribution >= 4 is 17.4 Å². The lowest BCUT2D eigenvalue weighted by atomic mass is 10.1. The second-order valence-electron chi connectivity index (χ2n) is 5.44. The normalized spacial score (nSPS) is 13.4. The van der Waals surface area contributed by atoms with Crippen LogP contribution in [0.1, 0.15) is 11.1 Å². The number of amides is 1. The second-order valence-corrected chi connectivity index (χ2v) is 5.44. The van der Waals surface area contributed by atoms with Crippen molar-refractivity contribution in [2.75, 3.05) is 18.7 Å². The molecule has 142 valence electrons. The highest BCUT2D eigenvalue weighted by Crippen LogP contribution is 2.34. The lowest BCUT2D eigenvalue weighted by molar-refractivity contribution is -0.137. The number of hydrogen-bond donors (Lipinski definition) is 2. The molecule has 0 fully saturated rings. The smallest absolute Gasteiger partial charge is 0.416 e. The number of nitrogens with two attached hydrogens (primary N) is 1. The molecule has 3 N–H and O–H groups in total. The van der Waals surface area contributed by atoms with E-state index < -0.39 is 24.3 Å². The molecule has 1 heterocycles. The largest absolute Gasteiger partial charge is 0.454 e. The Morgan fingerprint density at radius 2 is 1.96 bits per heavy atom. The number of fused-ring (bicyclic) bond motifs is 1. The Balaban J connectivity index is 1.56. The van der Waals surface area contributed by atoms with E-state index in [0.29, 0.717) is 17.2 Å². The van der Waals surface area contributed by atoms with E-state index in [4.69, 9.17) is 20.0 Å². The Bertz CT molecular complexity index is 884. The zero-order valence-electron chi connectivity index (χ0n) is 13.7. The molecule has 27 heavy (non-hydrogen) atoms. The van der Waals surface area contributed by atoms with E-state index in [-0.39, 0.29) is 18.2 Å². The van der Waals surface area contributed by atoms with Gasteiger partial charge in [0.25, 0.3) is 5.91 Å². The summed E-state index contributed by atoms with van der Waals surface area (Å²) in [6, 6.07) is 9.15. The van der Waals surface area contributed by atoms with Crippen LogP contribution in [0.4, 0.5) is 18.9 Å². The zero-order valence-corrected chi connectivity index (χ0v) is 13.7. The number of nitrogens with zero attached hydrogens (tertiary/aromatic N) is 1. The topological polar surface area (TPSA) is 95.2 Å². The minimum absolute atomic E-state index is 0.0287. The fraction of sp³-hybridized carbons (Fsp3) is 0.176. The lowest BCUT2D eigenvalue weighted by Crippen LogP contribution is -2.19. The van der Waals surface area contributed by atoms with E-state index >= 15 is 0 Å². The molecule has 2 aromatic rings. The van der Waals surface area contributed by atoms with Crippen LogP contribution in [0.25, 0.3) is 0 Å². The Morgan fingerprint density at radius 3 is 2.74 bits per heavy atom. The molecular weight excluding hydrogens is 367 g/mol. The molecule has 0 aromatic heterocycles. The number of anilines is 1. The van der Waals surface area contributed by atoms with Crippen molar-refractivity contribution in [1.29, 1.82) is 0 Å². The van der Waals surface area contributed by atoms with Gasteiger partial charge in [-0.15, -0.1) is 0 Å². The Morgan fingerprint density at radius 1 is 1.19 bits per heavy atom. The van der Waals surface area contributed by atoms with Crippen LogP contribution in [0.3, 0.4) is 0 Å². The summed E-state index contributed by atoms with van der Waals surface area (Å²) in [5, 5.41) is 6.03. The summed E-state index contributed by atoms with van der Waals surface area (Å²) < 4.78 is 48.4. The van der Waals surface area contributed by atoms with Crippen LogP contribution in [0.15, 0.2) is 47.6 Å². The third-order valence-electron chi connectivity index (χ3n) is 3.50. The number of nitrogens with one attached hydrogen (secondary N) is 1. The van der Waals surface area contributed by atoms with Crippen LogP contribution in [0.2, 0.25) is 0 Å². The second kappa shape index (κ2) is 7.44. The standard InChI is InChI=1S/C17H14F3N3O4/c18-17(19,20)11-3-1-2-10(6-11)16(21)23-27-8-15(24)22-12-4-5-13-14(7-12)26-9-25-13/h1-7H,8-9H2,(H2,21,23)(H,22,24). The van der Waals surface area contributed by atoms with Gasteiger partial charge in [-0.3, -0.25) is 4.79 Å². The van der Waals surface area contributed by atoms with Gasteiger partial charge in [0.15, 0.2) is 23.9 Å². The van der Waals surface area contributed by atoms with Crippen molar-refractivity contribution in [3.63, 3.8) is 0 Å². The fourth-order valence-corrected chi connectivity index (χ4v) is 2.24. The maximum absolute atomic E-state index is 12.7. The molecule has 0 saturated heterocycles. The van der Waals surface area contributed by atoms with Gasteiger partial charge in [0, 0.05) is 17.3 Å². The minimum atomic E-state index is -4.50. The molecule has 1 aliphatic heterocycles. The molecule has 0 bridgehead atoms. The first-order valence-corrected chi connectivity index (χ1v) is 7.65. The van der Waals surface area contributed by atoms with Gasteiger partial charge in [0.2, 0.25) is 6.79 Å². The number of oxime groups is 1. The monoisotopic (exact) mass is 381 g/mol. The van der Waals surface area contributed by atoms with Crippen molar-refractivity contribution in [3.8, 4) is 11.5 Å². The first kappa shape index (κ1) is 18.4. The zero-order chi connectivity index (χ0) is 19.4. The third kappa shape index (κ3) is 4.60. The number of alkyl halides is 3. The summed E-state index contributed by atoms with van der Waals surface area (Å²) >= 11 is 0. The quantitative estimate of drug-likeness (QED) is 0.472. The number of benzene rings is 2. The van der Waals surface area contributed by atoms with E-state index in [1.807, 2.05) is 0 Å². The number of ether oxygens (including phenoxy) is 2. The van der Waals surface area contributed by atoms with E-state index in [1.165, 1.54) is 12.1 Å². The average molecular weight is 381 g/mol. The van der Waals surface area contributed by atoms with Gasteiger partial charge in [-0.1, -0.05) is 17.3 Å². The number of carbonyl (C=O) groups is 1. The molecule has 0 spiro atoms. The van der Waals surface area contributed by atoms with Gasteiger partial charge in [-0.25, -0.2) is 0 Å². The van der Waals surface area contributed by atoms with Gasteiger partial charge in [-0.2, -0.15) is 13.2 Å². The summed E-state index contributed by atoms with van der Waals surface area (Å²) in [5.41, 5.74) is 5.23. The molecular formula is C17H14F3N3O4. The number of amidine groups is 1. The van der Waals surface area contributed by atoms with Gasteiger partial charge in [0.05, 0.1) is 5.56 Å². The summed E-state index contributed by atoms with van der Waals surface area (Å²) in [6.07, 6.45) is -4.50. The van der Waals surface area contributed by atoms with Crippen LogP contribution >= 0.6 is 0 Å². The molecule has 0 saturated carbocycles. The van der Waals surface area contributed by atoms with E-state index in [9.17, 15) is 18.0 Å². The molecule has 10 heteroatoms. The number of halogens is 3. The number of rotatable bonds is 5. The van der Waals surface area contributed by atoms with Crippen molar-refractivity contribution in [2.24, 2.45) is 10.9 Å². The molecule has 7 nitrogen and oxygen atoms in total. The van der Waals surface area contributed by atoms with Crippen LogP contribution in [0.5, 0.6) is 11.5 Å². The van der Waals surface area contributed by atoms with Gasteiger partial charge in [0.1, 0.15) is 0 Å². The van der Waals surface area contributed by atoms with Gasteiger partial charge in [-0.05, 0) is 24.3 Å². The number of hydrogen-bond acceptors (Lipinski definition) is 5. The fourth-order valence-electron chi connectivity index (χ4n) is 2.24. The van der Waals surface area contributed by atoms with Crippen molar-refractivity contribution in [3.05, 3.63) is 53.6 Å². The predicted octanol–water partition coefficient (Wildman–Crippen LogP) is 2.71. The van der Waals surface area contributed by atoms with E-state index in [1.54, 1.807) is 18.2 Å². The van der Waals surface area contributed by atoms with E-state index in [2.05, 4.69) is 10.5 Å². The maximum Gasteiger partial charge on any atom is 0.416 e. The number of carbonyl (C=O) groups excluding carboxylic acids is 1. The van der Waals surface area contributed by atoms with Crippen LogP contribution in [-0.4, -0.2) is 25.1 Å². The Hall–Kier alpha value is -3.43. The third-order valence-corrected chi connectivity index (χ3v) is 3.50. The van der Waals surface area contributed by atoms with E-state index in [0.717, 1.165) is 12.1 Å². The van der Waals surface area contributed by atoms with Crippen LogP contribution in [-0.2, 0) is 15.8 Å². The highest BCUT2D eigenvalue weighted by molar-refractivity contribution is 5.97. The molecule has 0 aliphatic carbocycles. The summed E-state index contributed by atoms with van der Waals surface area (Å²) in [5.74, 6) is 0.259. The molecule has 3 rings (SSSR count). The maximum atomic E-state index is 12.7. The van der Waals surface area contributed by atoms with Crippen LogP contribution in [0, 0.1) is 0 Å². The molecule has 2 aromatic carbocycles. The summed E-state index contributed by atoms with van der Waals surface area (Å²) in [6.45, 7) is -0.368. The first-order chi connectivity index (χ1) is 12.8.